The van der Waals surface area contributed by atoms with Gasteiger partial charge in [0, 0.05) is 22.4 Å². The van der Waals surface area contributed by atoms with Crippen LogP contribution in [-0.4, -0.2) is 22.0 Å². The Labute approximate surface area is 162 Å². The highest BCUT2D eigenvalue weighted by Crippen LogP contribution is 2.41. The van der Waals surface area contributed by atoms with Gasteiger partial charge in [-0.05, 0) is 24.3 Å². The van der Waals surface area contributed by atoms with Crippen LogP contribution < -0.4 is 10.1 Å². The molecule has 0 saturated heterocycles. The SMILES string of the molecule is COc1cc(C2Nc3ccccc3-c3cc(-c4ccccc4)nn32)ccc1O. The van der Waals surface area contributed by atoms with E-state index in [0.717, 1.165) is 33.8 Å². The van der Waals surface area contributed by atoms with E-state index in [0.29, 0.717) is 5.75 Å². The topological polar surface area (TPSA) is 59.3 Å². The van der Waals surface area contributed by atoms with Crippen LogP contribution in [0.3, 0.4) is 0 Å². The number of nitrogens with one attached hydrogen (secondary N) is 1. The van der Waals surface area contributed by atoms with Crippen LogP contribution in [0.25, 0.3) is 22.5 Å². The Morgan fingerprint density at radius 3 is 2.57 bits per heavy atom. The molecule has 5 heteroatoms. The molecule has 0 spiro atoms. The molecule has 4 aromatic rings. The third-order valence-electron chi connectivity index (χ3n) is 5.06. The molecule has 3 aromatic carbocycles. The average Bonchev–Trinajstić information content (AvgIpc) is 3.20. The second-order valence-corrected chi connectivity index (χ2v) is 6.75. The number of anilines is 1. The van der Waals surface area contributed by atoms with E-state index >= 15 is 0 Å². The first-order chi connectivity index (χ1) is 13.7. The number of aromatic nitrogens is 2. The van der Waals surface area contributed by atoms with Crippen LogP contribution in [-0.2, 0) is 0 Å². The van der Waals surface area contributed by atoms with Crippen molar-refractivity contribution < 1.29 is 9.84 Å². The number of hydrogen-bond acceptors (Lipinski definition) is 4. The van der Waals surface area contributed by atoms with E-state index in [4.69, 9.17) is 9.84 Å². The number of methoxy groups -OCH3 is 1. The highest BCUT2D eigenvalue weighted by molar-refractivity contribution is 5.81. The van der Waals surface area contributed by atoms with E-state index in [1.54, 1.807) is 13.2 Å². The minimum absolute atomic E-state index is 0.119. The quantitative estimate of drug-likeness (QED) is 0.539. The first-order valence-electron chi connectivity index (χ1n) is 9.12. The van der Waals surface area contributed by atoms with Gasteiger partial charge in [0.2, 0.25) is 0 Å². The van der Waals surface area contributed by atoms with Crippen molar-refractivity contribution in [1.82, 2.24) is 9.78 Å². The molecule has 1 aliphatic rings. The van der Waals surface area contributed by atoms with Crippen LogP contribution in [0.4, 0.5) is 5.69 Å². The zero-order valence-corrected chi connectivity index (χ0v) is 15.3. The Hall–Kier alpha value is -3.73. The number of hydrogen-bond donors (Lipinski definition) is 2. The summed E-state index contributed by atoms with van der Waals surface area (Å²) in [7, 11) is 1.55. The molecule has 0 aliphatic carbocycles. The van der Waals surface area contributed by atoms with Crippen LogP contribution in [0.2, 0.25) is 0 Å². The van der Waals surface area contributed by atoms with Gasteiger partial charge in [0.1, 0.15) is 6.17 Å². The Kier molecular flexibility index (Phi) is 3.79. The number of fused-ring (bicyclic) bond motifs is 3. The first kappa shape index (κ1) is 16.4. The summed E-state index contributed by atoms with van der Waals surface area (Å²) < 4.78 is 7.30. The van der Waals surface area contributed by atoms with Crippen LogP contribution in [0.1, 0.15) is 11.7 Å². The van der Waals surface area contributed by atoms with Gasteiger partial charge in [0.05, 0.1) is 18.5 Å². The number of nitrogens with zero attached hydrogens (tertiary/aromatic N) is 2. The van der Waals surface area contributed by atoms with Gasteiger partial charge in [-0.25, -0.2) is 4.68 Å². The molecule has 28 heavy (non-hydrogen) atoms. The van der Waals surface area contributed by atoms with Crippen LogP contribution in [0, 0.1) is 0 Å². The van der Waals surface area contributed by atoms with Crippen molar-refractivity contribution in [2.24, 2.45) is 0 Å². The summed E-state index contributed by atoms with van der Waals surface area (Å²) in [6.45, 7) is 0. The van der Waals surface area contributed by atoms with Crippen LogP contribution in [0.5, 0.6) is 11.5 Å². The summed E-state index contributed by atoms with van der Waals surface area (Å²) in [6, 6.07) is 25.9. The van der Waals surface area contributed by atoms with E-state index in [1.165, 1.54) is 0 Å². The van der Waals surface area contributed by atoms with Gasteiger partial charge in [-0.2, -0.15) is 5.10 Å². The van der Waals surface area contributed by atoms with Gasteiger partial charge in [0.15, 0.2) is 11.5 Å². The van der Waals surface area contributed by atoms with Gasteiger partial charge in [-0.15, -0.1) is 0 Å². The van der Waals surface area contributed by atoms with Crippen LogP contribution >= 0.6 is 0 Å². The molecule has 0 saturated carbocycles. The molecule has 0 fully saturated rings. The minimum Gasteiger partial charge on any atom is -0.504 e. The van der Waals surface area contributed by atoms with E-state index in [2.05, 4.69) is 35.6 Å². The van der Waals surface area contributed by atoms with Crippen molar-refractivity contribution in [1.29, 1.82) is 0 Å². The van der Waals surface area contributed by atoms with Gasteiger partial charge in [0.25, 0.3) is 0 Å². The molecule has 0 amide bonds. The maximum Gasteiger partial charge on any atom is 0.160 e. The van der Waals surface area contributed by atoms with Crippen molar-refractivity contribution in [3.63, 3.8) is 0 Å². The van der Waals surface area contributed by atoms with E-state index < -0.39 is 0 Å². The monoisotopic (exact) mass is 369 g/mol. The van der Waals surface area contributed by atoms with E-state index in [-0.39, 0.29) is 11.9 Å². The van der Waals surface area contributed by atoms with Crippen molar-refractivity contribution in [3.05, 3.63) is 84.4 Å². The maximum atomic E-state index is 9.97. The number of para-hydroxylation sites is 1. The number of phenolic OH excluding ortho intramolecular Hbond substituents is 1. The molecule has 5 nitrogen and oxygen atoms in total. The second kappa shape index (κ2) is 6.46. The number of ether oxygens (including phenoxy) is 1. The van der Waals surface area contributed by atoms with E-state index in [1.807, 2.05) is 47.1 Å². The smallest absolute Gasteiger partial charge is 0.160 e. The highest BCUT2D eigenvalue weighted by Gasteiger charge is 2.27. The average molecular weight is 369 g/mol. The van der Waals surface area contributed by atoms with Crippen molar-refractivity contribution in [2.75, 3.05) is 12.4 Å². The number of benzene rings is 3. The van der Waals surface area contributed by atoms with Crippen molar-refractivity contribution in [3.8, 4) is 34.0 Å². The second-order valence-electron chi connectivity index (χ2n) is 6.75. The number of phenols is 1. The summed E-state index contributed by atoms with van der Waals surface area (Å²) >= 11 is 0. The predicted molar refractivity (Wildman–Crippen MR) is 110 cm³/mol. The molecule has 138 valence electrons. The molecular weight excluding hydrogens is 350 g/mol. The zero-order chi connectivity index (χ0) is 19.1. The van der Waals surface area contributed by atoms with Gasteiger partial charge < -0.3 is 15.2 Å². The summed E-state index contributed by atoms with van der Waals surface area (Å²) in [6.07, 6.45) is -0.211. The normalized spacial score (nSPS) is 14.7. The van der Waals surface area contributed by atoms with Gasteiger partial charge in [-0.3, -0.25) is 0 Å². The Morgan fingerprint density at radius 1 is 0.964 bits per heavy atom. The molecule has 5 rings (SSSR count). The van der Waals surface area contributed by atoms with Gasteiger partial charge in [-0.1, -0.05) is 54.6 Å². The predicted octanol–water partition coefficient (Wildman–Crippen LogP) is 4.90. The fraction of sp³-hybridized carbons (Fsp3) is 0.0870. The highest BCUT2D eigenvalue weighted by atomic mass is 16.5. The lowest BCUT2D eigenvalue weighted by Gasteiger charge is -2.29. The molecule has 2 N–H and O–H groups in total. The molecule has 1 unspecified atom stereocenters. The maximum absolute atomic E-state index is 9.97. The molecule has 0 radical (unpaired) electrons. The lowest BCUT2D eigenvalue weighted by atomic mass is 10.0. The first-order valence-corrected chi connectivity index (χ1v) is 9.12. The fourth-order valence-corrected chi connectivity index (χ4v) is 3.67. The molecule has 1 aromatic heterocycles. The van der Waals surface area contributed by atoms with Crippen molar-refractivity contribution >= 4 is 5.69 Å². The largest absolute Gasteiger partial charge is 0.504 e. The van der Waals surface area contributed by atoms with E-state index in [9.17, 15) is 5.11 Å². The molecule has 1 atom stereocenters. The molecule has 1 aliphatic heterocycles. The fourth-order valence-electron chi connectivity index (χ4n) is 3.67. The Morgan fingerprint density at radius 2 is 1.75 bits per heavy atom. The Balaban J connectivity index is 1.69. The lowest BCUT2D eigenvalue weighted by molar-refractivity contribution is 0.372. The standard InChI is InChI=1S/C23H19N3O2/c1-28-22-13-16(11-12-21(22)27)23-24-18-10-6-5-9-17(18)20-14-19(25-26(20)23)15-7-3-2-4-8-15/h2-14,23-24,27H,1H3. The minimum atomic E-state index is -0.211. The number of aromatic hydroxyl groups is 1. The number of rotatable bonds is 3. The summed E-state index contributed by atoms with van der Waals surface area (Å²) in [5.41, 5.74) is 6.15. The summed E-state index contributed by atoms with van der Waals surface area (Å²) in [4.78, 5) is 0. The van der Waals surface area contributed by atoms with Crippen molar-refractivity contribution in [2.45, 2.75) is 6.17 Å². The summed E-state index contributed by atoms with van der Waals surface area (Å²) in [5.74, 6) is 0.559. The molecular formula is C23H19N3O2. The van der Waals surface area contributed by atoms with Gasteiger partial charge >= 0.3 is 0 Å². The summed E-state index contributed by atoms with van der Waals surface area (Å²) in [5, 5.41) is 18.4. The third kappa shape index (κ3) is 2.60. The Bertz CT molecular complexity index is 1150. The molecule has 0 bridgehead atoms. The molecule has 2 heterocycles. The lowest BCUT2D eigenvalue weighted by Crippen LogP contribution is -2.25. The zero-order valence-electron chi connectivity index (χ0n) is 15.3. The van der Waals surface area contributed by atoms with Crippen LogP contribution in [0.15, 0.2) is 78.9 Å². The third-order valence-corrected chi connectivity index (χ3v) is 5.06.